The number of benzene rings is 1. The van der Waals surface area contributed by atoms with Crippen molar-refractivity contribution < 1.29 is 23.8 Å². The number of carbonyl (C=O) groups excluding carboxylic acids is 2. The number of nitrogens with one attached hydrogen (secondary N) is 1. The van der Waals surface area contributed by atoms with Gasteiger partial charge < -0.3 is 14.2 Å². The van der Waals surface area contributed by atoms with Crippen molar-refractivity contribution in [3.8, 4) is 5.75 Å². The Kier molecular flexibility index (Phi) is 6.49. The van der Waals surface area contributed by atoms with Crippen LogP contribution in [0.15, 0.2) is 18.2 Å². The lowest BCUT2D eigenvalue weighted by atomic mass is 10.2. The van der Waals surface area contributed by atoms with Crippen molar-refractivity contribution in [2.75, 3.05) is 19.0 Å². The first-order chi connectivity index (χ1) is 10.2. The molecule has 0 aliphatic carbocycles. The maximum Gasteiger partial charge on any atom is 0.412 e. The number of amides is 1. The highest BCUT2D eigenvalue weighted by Crippen LogP contribution is 2.32. The van der Waals surface area contributed by atoms with E-state index in [0.29, 0.717) is 16.5 Å². The Morgan fingerprint density at radius 1 is 1.27 bits per heavy atom. The van der Waals surface area contributed by atoms with E-state index in [1.54, 1.807) is 39.0 Å². The van der Waals surface area contributed by atoms with Crippen LogP contribution >= 0.6 is 11.6 Å². The number of hydrogen-bond donors (Lipinski definition) is 1. The Morgan fingerprint density at radius 3 is 2.55 bits per heavy atom. The van der Waals surface area contributed by atoms with Crippen molar-refractivity contribution in [3.05, 3.63) is 23.2 Å². The number of ether oxygens (including phenoxy) is 3. The molecule has 0 atom stereocenters. The summed E-state index contributed by atoms with van der Waals surface area (Å²) in [5.74, 6) is -0.0362. The summed E-state index contributed by atoms with van der Waals surface area (Å²) in [5.41, 5.74) is -0.333. The molecule has 0 aliphatic rings. The Balaban J connectivity index is 2.76. The van der Waals surface area contributed by atoms with Crippen LogP contribution in [-0.2, 0) is 14.3 Å². The van der Waals surface area contributed by atoms with Crippen LogP contribution < -0.4 is 10.1 Å². The molecule has 1 rings (SSSR count). The SMILES string of the molecule is COC(=O)CCOc1cccc(Cl)c1NC(=O)OC(C)(C)C. The van der Waals surface area contributed by atoms with Gasteiger partial charge in [0.1, 0.15) is 17.0 Å². The molecule has 22 heavy (non-hydrogen) atoms. The largest absolute Gasteiger partial charge is 0.491 e. The van der Waals surface area contributed by atoms with E-state index >= 15 is 0 Å². The molecule has 1 N–H and O–H groups in total. The number of halogens is 1. The summed E-state index contributed by atoms with van der Waals surface area (Å²) >= 11 is 6.07. The van der Waals surface area contributed by atoms with Crippen LogP contribution in [0, 0.1) is 0 Å². The molecule has 0 spiro atoms. The highest BCUT2D eigenvalue weighted by atomic mass is 35.5. The molecule has 0 aliphatic heterocycles. The minimum atomic E-state index is -0.640. The van der Waals surface area contributed by atoms with E-state index in [1.165, 1.54) is 7.11 Å². The van der Waals surface area contributed by atoms with Gasteiger partial charge in [-0.25, -0.2) is 4.79 Å². The summed E-state index contributed by atoms with van der Waals surface area (Å²) in [6, 6.07) is 4.92. The highest BCUT2D eigenvalue weighted by molar-refractivity contribution is 6.34. The molecule has 0 bridgehead atoms. The lowest BCUT2D eigenvalue weighted by Gasteiger charge is -2.21. The molecule has 0 heterocycles. The lowest BCUT2D eigenvalue weighted by molar-refractivity contribution is -0.141. The van der Waals surface area contributed by atoms with E-state index in [2.05, 4.69) is 10.1 Å². The summed E-state index contributed by atoms with van der Waals surface area (Å²) in [7, 11) is 1.30. The van der Waals surface area contributed by atoms with E-state index in [-0.39, 0.29) is 19.0 Å². The summed E-state index contributed by atoms with van der Waals surface area (Å²) in [5, 5.41) is 2.86. The molecule has 122 valence electrons. The predicted octanol–water partition coefficient (Wildman–Crippen LogP) is 3.63. The number of carbonyl (C=O) groups is 2. The number of esters is 1. The molecular formula is C15H20ClNO5. The Labute approximate surface area is 134 Å². The van der Waals surface area contributed by atoms with Crippen molar-refractivity contribution in [1.82, 2.24) is 0 Å². The fourth-order valence-electron chi connectivity index (χ4n) is 1.50. The van der Waals surface area contributed by atoms with Gasteiger partial charge in [-0.2, -0.15) is 0 Å². The van der Waals surface area contributed by atoms with E-state index < -0.39 is 11.7 Å². The standard InChI is InChI=1S/C15H20ClNO5/c1-15(2,3)22-14(19)17-13-10(16)6-5-7-11(13)21-9-8-12(18)20-4/h5-7H,8-9H2,1-4H3,(H,17,19). The maximum absolute atomic E-state index is 11.8. The summed E-state index contributed by atoms with van der Waals surface area (Å²) in [4.78, 5) is 22.9. The minimum Gasteiger partial charge on any atom is -0.491 e. The number of para-hydroxylation sites is 1. The van der Waals surface area contributed by atoms with Crippen molar-refractivity contribution in [2.45, 2.75) is 32.8 Å². The normalized spacial score (nSPS) is 10.8. The van der Waals surface area contributed by atoms with E-state index in [9.17, 15) is 9.59 Å². The van der Waals surface area contributed by atoms with Crippen LogP contribution in [0.25, 0.3) is 0 Å². The van der Waals surface area contributed by atoms with Crippen LogP contribution in [0.4, 0.5) is 10.5 Å². The zero-order chi connectivity index (χ0) is 16.8. The van der Waals surface area contributed by atoms with Crippen molar-refractivity contribution in [3.63, 3.8) is 0 Å². The molecule has 0 unspecified atom stereocenters. The average Bonchev–Trinajstić information content (AvgIpc) is 2.40. The van der Waals surface area contributed by atoms with Gasteiger partial charge in [-0.1, -0.05) is 17.7 Å². The lowest BCUT2D eigenvalue weighted by Crippen LogP contribution is -2.27. The van der Waals surface area contributed by atoms with Gasteiger partial charge in [0.25, 0.3) is 0 Å². The number of hydrogen-bond acceptors (Lipinski definition) is 5. The third-order valence-electron chi connectivity index (χ3n) is 2.39. The first kappa shape index (κ1) is 18.1. The first-order valence-corrected chi connectivity index (χ1v) is 7.09. The summed E-state index contributed by atoms with van der Waals surface area (Å²) < 4.78 is 15.2. The van der Waals surface area contributed by atoms with Gasteiger partial charge in [-0.15, -0.1) is 0 Å². The van der Waals surface area contributed by atoms with Gasteiger partial charge in [0, 0.05) is 0 Å². The predicted molar refractivity (Wildman–Crippen MR) is 83.4 cm³/mol. The molecule has 1 amide bonds. The fourth-order valence-corrected chi connectivity index (χ4v) is 1.71. The molecule has 1 aromatic carbocycles. The second-order valence-corrected chi connectivity index (χ2v) is 5.82. The third kappa shape index (κ3) is 6.22. The molecule has 0 radical (unpaired) electrons. The molecule has 0 saturated heterocycles. The van der Waals surface area contributed by atoms with Gasteiger partial charge >= 0.3 is 12.1 Å². The van der Waals surface area contributed by atoms with Crippen LogP contribution in [-0.4, -0.2) is 31.4 Å². The Morgan fingerprint density at radius 2 is 1.95 bits per heavy atom. The topological polar surface area (TPSA) is 73.9 Å². The molecule has 6 nitrogen and oxygen atoms in total. The van der Waals surface area contributed by atoms with E-state index in [4.69, 9.17) is 21.1 Å². The van der Waals surface area contributed by atoms with E-state index in [1.807, 2.05) is 0 Å². The Bertz CT molecular complexity index is 539. The molecule has 0 fully saturated rings. The van der Waals surface area contributed by atoms with Crippen LogP contribution in [0.3, 0.4) is 0 Å². The monoisotopic (exact) mass is 329 g/mol. The highest BCUT2D eigenvalue weighted by Gasteiger charge is 2.19. The second-order valence-electron chi connectivity index (χ2n) is 5.41. The molecule has 0 saturated carbocycles. The average molecular weight is 330 g/mol. The van der Waals surface area contributed by atoms with Gasteiger partial charge in [-0.3, -0.25) is 10.1 Å². The van der Waals surface area contributed by atoms with Gasteiger partial charge in [0.15, 0.2) is 0 Å². The van der Waals surface area contributed by atoms with Gasteiger partial charge in [0.05, 0.1) is 25.2 Å². The summed E-state index contributed by atoms with van der Waals surface area (Å²) in [6.07, 6.45) is -0.548. The zero-order valence-electron chi connectivity index (χ0n) is 13.1. The molecule has 7 heteroatoms. The fraction of sp³-hybridized carbons (Fsp3) is 0.467. The molecule has 0 aromatic heterocycles. The van der Waals surface area contributed by atoms with Crippen molar-refractivity contribution >= 4 is 29.4 Å². The molecule has 1 aromatic rings. The van der Waals surface area contributed by atoms with Crippen molar-refractivity contribution in [2.24, 2.45) is 0 Å². The third-order valence-corrected chi connectivity index (χ3v) is 2.71. The van der Waals surface area contributed by atoms with Crippen LogP contribution in [0.1, 0.15) is 27.2 Å². The second kappa shape index (κ2) is 7.89. The number of anilines is 1. The van der Waals surface area contributed by atoms with Crippen molar-refractivity contribution in [1.29, 1.82) is 0 Å². The zero-order valence-corrected chi connectivity index (χ0v) is 13.8. The number of rotatable bonds is 5. The first-order valence-electron chi connectivity index (χ1n) is 6.71. The minimum absolute atomic E-state index is 0.0922. The Hall–Kier alpha value is -1.95. The van der Waals surface area contributed by atoms with Crippen LogP contribution in [0.5, 0.6) is 5.75 Å². The molecular weight excluding hydrogens is 310 g/mol. The van der Waals surface area contributed by atoms with Gasteiger partial charge in [0.2, 0.25) is 0 Å². The van der Waals surface area contributed by atoms with Crippen LogP contribution in [0.2, 0.25) is 5.02 Å². The summed E-state index contributed by atoms with van der Waals surface area (Å²) in [6.45, 7) is 5.38. The quantitative estimate of drug-likeness (QED) is 0.835. The maximum atomic E-state index is 11.8. The smallest absolute Gasteiger partial charge is 0.412 e. The van der Waals surface area contributed by atoms with Gasteiger partial charge in [-0.05, 0) is 32.9 Å². The number of methoxy groups -OCH3 is 1. The van der Waals surface area contributed by atoms with E-state index in [0.717, 1.165) is 0 Å².